The molecule has 5 nitrogen and oxygen atoms in total. The van der Waals surface area contributed by atoms with Gasteiger partial charge in [0, 0.05) is 29.0 Å². The number of phenolic OH excluding ortho intramolecular Hbond substituents is 1. The summed E-state index contributed by atoms with van der Waals surface area (Å²) >= 11 is 1.59. The van der Waals surface area contributed by atoms with Crippen molar-refractivity contribution in [3.8, 4) is 5.75 Å². The summed E-state index contributed by atoms with van der Waals surface area (Å²) in [5.74, 6) is -0.270. The zero-order valence-electron chi connectivity index (χ0n) is 13.1. The number of hydrogen-bond donors (Lipinski definition) is 1. The van der Waals surface area contributed by atoms with Crippen molar-refractivity contribution in [2.45, 2.75) is 26.4 Å². The maximum atomic E-state index is 11.9. The van der Waals surface area contributed by atoms with Crippen LogP contribution in [0.5, 0.6) is 5.75 Å². The number of aromatic hydroxyl groups is 1. The van der Waals surface area contributed by atoms with Crippen LogP contribution in [0.1, 0.15) is 23.1 Å². The minimum Gasteiger partial charge on any atom is -0.508 e. The molecule has 0 radical (unpaired) electrons. The molecule has 6 heteroatoms. The Hall–Kier alpha value is -2.60. The van der Waals surface area contributed by atoms with Crippen molar-refractivity contribution in [2.24, 2.45) is 0 Å². The van der Waals surface area contributed by atoms with Crippen LogP contribution in [-0.4, -0.2) is 11.1 Å². The van der Waals surface area contributed by atoms with Gasteiger partial charge in [0.15, 0.2) is 0 Å². The van der Waals surface area contributed by atoms with Crippen LogP contribution >= 0.6 is 11.3 Å². The lowest BCUT2D eigenvalue weighted by molar-refractivity contribution is -0.144. The minimum atomic E-state index is -0.541. The molecule has 2 heterocycles. The van der Waals surface area contributed by atoms with E-state index < -0.39 is 5.63 Å². The molecule has 3 rings (SSSR count). The fraction of sp³-hybridized carbons (Fsp3) is 0.222. The molecule has 124 valence electrons. The first kappa shape index (κ1) is 16.3. The zero-order chi connectivity index (χ0) is 17.1. The minimum absolute atomic E-state index is 0.00517. The lowest BCUT2D eigenvalue weighted by Gasteiger charge is -2.09. The van der Waals surface area contributed by atoms with Crippen molar-refractivity contribution >= 4 is 28.3 Å². The summed E-state index contributed by atoms with van der Waals surface area (Å²) in [6, 6.07) is 6.46. The summed E-state index contributed by atoms with van der Waals surface area (Å²) in [6.07, 6.45) is 0.920. The lowest BCUT2D eigenvalue weighted by Crippen LogP contribution is -2.08. The number of aryl methyl sites for hydroxylation is 2. The molecule has 24 heavy (non-hydrogen) atoms. The second kappa shape index (κ2) is 6.88. The summed E-state index contributed by atoms with van der Waals surface area (Å²) in [6.45, 7) is 1.66. The van der Waals surface area contributed by atoms with Crippen LogP contribution in [0, 0.1) is 6.92 Å². The molecule has 0 fully saturated rings. The van der Waals surface area contributed by atoms with Crippen LogP contribution in [0.15, 0.2) is 44.2 Å². The molecule has 0 amide bonds. The Bertz CT molecular complexity index is 924. The van der Waals surface area contributed by atoms with E-state index >= 15 is 0 Å². The molecule has 0 aliphatic carbocycles. The average molecular weight is 344 g/mol. The van der Waals surface area contributed by atoms with Gasteiger partial charge in [0.1, 0.15) is 17.9 Å². The number of carbonyl (C=O) groups is 1. The van der Waals surface area contributed by atoms with Crippen molar-refractivity contribution in [3.05, 3.63) is 62.1 Å². The molecule has 0 saturated heterocycles. The van der Waals surface area contributed by atoms with Gasteiger partial charge >= 0.3 is 11.6 Å². The average Bonchev–Trinajstić information content (AvgIpc) is 3.08. The molecule has 0 unspecified atom stereocenters. The van der Waals surface area contributed by atoms with Crippen LogP contribution in [0.2, 0.25) is 0 Å². The molecule has 0 saturated carbocycles. The second-order valence-corrected chi connectivity index (χ2v) is 6.25. The maximum Gasteiger partial charge on any atom is 0.336 e. The third kappa shape index (κ3) is 3.49. The van der Waals surface area contributed by atoms with Crippen molar-refractivity contribution < 1.29 is 19.1 Å². The molecule has 0 spiro atoms. The predicted molar refractivity (Wildman–Crippen MR) is 91.3 cm³/mol. The van der Waals surface area contributed by atoms with E-state index in [1.807, 2.05) is 16.8 Å². The van der Waals surface area contributed by atoms with E-state index in [9.17, 15) is 14.7 Å². The molecule has 0 aliphatic heterocycles. The van der Waals surface area contributed by atoms with Crippen LogP contribution < -0.4 is 5.63 Å². The fourth-order valence-electron chi connectivity index (χ4n) is 2.45. The highest BCUT2D eigenvalue weighted by atomic mass is 32.1. The number of esters is 1. The van der Waals surface area contributed by atoms with Crippen LogP contribution in [0.3, 0.4) is 0 Å². The number of carbonyl (C=O) groups excluding carboxylic acids is 1. The van der Waals surface area contributed by atoms with Gasteiger partial charge in [0.2, 0.25) is 0 Å². The first-order valence-electron chi connectivity index (χ1n) is 7.46. The molecule has 0 aliphatic rings. The normalized spacial score (nSPS) is 10.9. The standard InChI is InChI=1S/C18H16O5S/c1-11-15(19)4-3-14-13(8-17(21)23-18(11)14)9-22-16(20)5-2-12-6-7-24-10-12/h3-4,6-8,10,19H,2,5,9H2,1H3. The van der Waals surface area contributed by atoms with Gasteiger partial charge in [-0.05, 0) is 47.9 Å². The van der Waals surface area contributed by atoms with Crippen molar-refractivity contribution in [3.63, 3.8) is 0 Å². The molecule has 1 aromatic carbocycles. The van der Waals surface area contributed by atoms with Crippen molar-refractivity contribution in [1.29, 1.82) is 0 Å². The van der Waals surface area contributed by atoms with E-state index in [1.54, 1.807) is 24.3 Å². The Morgan fingerprint density at radius 2 is 2.17 bits per heavy atom. The van der Waals surface area contributed by atoms with Gasteiger partial charge in [0.25, 0.3) is 0 Å². The number of ether oxygens (including phenoxy) is 1. The number of hydrogen-bond acceptors (Lipinski definition) is 6. The molecule has 2 aromatic heterocycles. The monoisotopic (exact) mass is 344 g/mol. The van der Waals surface area contributed by atoms with Crippen LogP contribution in [-0.2, 0) is 22.6 Å². The Balaban J connectivity index is 1.74. The molecule has 0 bridgehead atoms. The summed E-state index contributed by atoms with van der Waals surface area (Å²) in [4.78, 5) is 23.6. The van der Waals surface area contributed by atoms with Gasteiger partial charge in [0.05, 0.1) is 0 Å². The fourth-order valence-corrected chi connectivity index (χ4v) is 3.15. The highest BCUT2D eigenvalue weighted by Crippen LogP contribution is 2.27. The van der Waals surface area contributed by atoms with E-state index in [1.165, 1.54) is 12.1 Å². The summed E-state index contributed by atoms with van der Waals surface area (Å²) in [5.41, 5.74) is 1.92. The Morgan fingerprint density at radius 1 is 1.33 bits per heavy atom. The summed E-state index contributed by atoms with van der Waals surface area (Å²) in [5, 5.41) is 14.3. The second-order valence-electron chi connectivity index (χ2n) is 5.47. The van der Waals surface area contributed by atoms with Crippen molar-refractivity contribution in [1.82, 2.24) is 0 Å². The number of benzene rings is 1. The van der Waals surface area contributed by atoms with E-state index in [2.05, 4.69) is 0 Å². The number of fused-ring (bicyclic) bond motifs is 1. The third-order valence-electron chi connectivity index (χ3n) is 3.80. The third-order valence-corrected chi connectivity index (χ3v) is 4.54. The quantitative estimate of drug-likeness (QED) is 0.566. The molecule has 1 N–H and O–H groups in total. The zero-order valence-corrected chi connectivity index (χ0v) is 13.9. The SMILES string of the molecule is Cc1c(O)ccc2c(COC(=O)CCc3ccsc3)cc(=O)oc12. The largest absolute Gasteiger partial charge is 0.508 e. The molecule has 3 aromatic rings. The van der Waals surface area contributed by atoms with E-state index in [0.717, 1.165) is 5.56 Å². The highest BCUT2D eigenvalue weighted by molar-refractivity contribution is 7.07. The number of rotatable bonds is 5. The Morgan fingerprint density at radius 3 is 2.92 bits per heavy atom. The topological polar surface area (TPSA) is 76.7 Å². The van der Waals surface area contributed by atoms with Crippen LogP contribution in [0.25, 0.3) is 11.0 Å². The Kier molecular flexibility index (Phi) is 4.66. The predicted octanol–water partition coefficient (Wildman–Crippen LogP) is 3.54. The van der Waals surface area contributed by atoms with E-state index in [0.29, 0.717) is 28.5 Å². The van der Waals surface area contributed by atoms with E-state index in [-0.39, 0.29) is 24.7 Å². The first-order valence-corrected chi connectivity index (χ1v) is 8.41. The van der Waals surface area contributed by atoms with Gasteiger partial charge in [-0.3, -0.25) is 4.79 Å². The first-order chi connectivity index (χ1) is 11.5. The number of thiophene rings is 1. The molecule has 0 atom stereocenters. The van der Waals surface area contributed by atoms with E-state index in [4.69, 9.17) is 9.15 Å². The maximum absolute atomic E-state index is 11.9. The smallest absolute Gasteiger partial charge is 0.336 e. The van der Waals surface area contributed by atoms with Gasteiger partial charge < -0.3 is 14.3 Å². The Labute approximate surface area is 142 Å². The van der Waals surface area contributed by atoms with Crippen molar-refractivity contribution in [2.75, 3.05) is 0 Å². The molecular formula is C18H16O5S. The molecular weight excluding hydrogens is 328 g/mol. The lowest BCUT2D eigenvalue weighted by atomic mass is 10.1. The highest BCUT2D eigenvalue weighted by Gasteiger charge is 2.12. The van der Waals surface area contributed by atoms with Crippen LogP contribution in [0.4, 0.5) is 0 Å². The summed E-state index contributed by atoms with van der Waals surface area (Å²) in [7, 11) is 0. The van der Waals surface area contributed by atoms with Gasteiger partial charge in [-0.1, -0.05) is 0 Å². The van der Waals surface area contributed by atoms with Gasteiger partial charge in [-0.15, -0.1) is 0 Å². The summed E-state index contributed by atoms with van der Waals surface area (Å²) < 4.78 is 10.4. The number of phenols is 1. The van der Waals surface area contributed by atoms with Gasteiger partial charge in [-0.2, -0.15) is 11.3 Å². The van der Waals surface area contributed by atoms with Gasteiger partial charge in [-0.25, -0.2) is 4.79 Å².